The molecule has 0 radical (unpaired) electrons. The minimum absolute atomic E-state index is 0.0117. The molecule has 1 saturated heterocycles. The van der Waals surface area contributed by atoms with Gasteiger partial charge in [-0.25, -0.2) is 0 Å². The lowest BCUT2D eigenvalue weighted by Crippen LogP contribution is -2.60. The first kappa shape index (κ1) is 22.5. The Labute approximate surface area is 178 Å². The summed E-state index contributed by atoms with van der Waals surface area (Å²) in [7, 11) is 0. The third-order valence-corrected chi connectivity index (χ3v) is 5.19. The number of primary amides is 1. The highest BCUT2D eigenvalue weighted by molar-refractivity contribution is 5.89. The van der Waals surface area contributed by atoms with Crippen molar-refractivity contribution in [3.8, 4) is 5.75 Å². The molecule has 31 heavy (non-hydrogen) atoms. The number of rotatable bonds is 6. The molecule has 1 heterocycles. The lowest BCUT2D eigenvalue weighted by Gasteiger charge is -2.41. The minimum atomic E-state index is -4.49. The molecule has 1 atom stereocenters. The molecule has 1 fully saturated rings. The summed E-state index contributed by atoms with van der Waals surface area (Å²) >= 11 is 0. The van der Waals surface area contributed by atoms with E-state index in [1.54, 1.807) is 6.07 Å². The van der Waals surface area contributed by atoms with E-state index >= 15 is 0 Å². The molecule has 0 aromatic heterocycles. The Morgan fingerprint density at radius 3 is 2.45 bits per heavy atom. The van der Waals surface area contributed by atoms with Gasteiger partial charge in [0.1, 0.15) is 11.8 Å². The molecule has 2 N–H and O–H groups in total. The number of benzene rings is 2. The molecule has 0 spiro atoms. The summed E-state index contributed by atoms with van der Waals surface area (Å²) in [6, 6.07) is 13.0. The Balaban J connectivity index is 1.73. The van der Waals surface area contributed by atoms with Crippen LogP contribution in [0.5, 0.6) is 5.75 Å². The van der Waals surface area contributed by atoms with Crippen LogP contribution < -0.4 is 15.4 Å². The first-order chi connectivity index (χ1) is 14.7. The Morgan fingerprint density at radius 2 is 1.77 bits per heavy atom. The van der Waals surface area contributed by atoms with Gasteiger partial charge in [0.05, 0.1) is 6.42 Å². The van der Waals surface area contributed by atoms with Crippen molar-refractivity contribution in [2.45, 2.75) is 25.6 Å². The molecule has 166 valence electrons. The van der Waals surface area contributed by atoms with Crippen LogP contribution in [0.3, 0.4) is 0 Å². The lowest BCUT2D eigenvalue weighted by atomic mass is 10.1. The van der Waals surface area contributed by atoms with Crippen molar-refractivity contribution < 1.29 is 27.5 Å². The van der Waals surface area contributed by atoms with Gasteiger partial charge in [0, 0.05) is 30.9 Å². The van der Waals surface area contributed by atoms with Crippen LogP contribution in [0.1, 0.15) is 11.1 Å². The fraction of sp³-hybridized carbons (Fsp3) is 0.364. The first-order valence-electron chi connectivity index (χ1n) is 9.82. The van der Waals surface area contributed by atoms with Crippen LogP contribution in [-0.2, 0) is 16.0 Å². The van der Waals surface area contributed by atoms with Crippen LogP contribution in [0.15, 0.2) is 48.5 Å². The molecule has 2 amide bonds. The smallest absolute Gasteiger partial charge is 0.422 e. The number of aryl methyl sites for hydroxylation is 1. The summed E-state index contributed by atoms with van der Waals surface area (Å²) in [5.74, 6) is -1.04. The normalized spacial score (nSPS) is 16.8. The fourth-order valence-corrected chi connectivity index (χ4v) is 3.68. The number of carbonyl (C=O) groups excluding carboxylic acids is 2. The molecule has 3 rings (SSSR count). The number of anilines is 1. The van der Waals surface area contributed by atoms with Crippen molar-refractivity contribution >= 4 is 17.5 Å². The lowest BCUT2D eigenvalue weighted by molar-refractivity contribution is -0.153. The molecule has 2 aromatic rings. The number of ether oxygens (including phenoxy) is 1. The van der Waals surface area contributed by atoms with Gasteiger partial charge in [-0.05, 0) is 24.6 Å². The summed E-state index contributed by atoms with van der Waals surface area (Å²) in [5, 5.41) is 0. The van der Waals surface area contributed by atoms with Gasteiger partial charge in [0.2, 0.25) is 11.8 Å². The van der Waals surface area contributed by atoms with Crippen LogP contribution >= 0.6 is 0 Å². The summed E-state index contributed by atoms with van der Waals surface area (Å²) in [5.41, 5.74) is 7.91. The van der Waals surface area contributed by atoms with E-state index in [0.29, 0.717) is 12.1 Å². The maximum absolute atomic E-state index is 13.0. The number of nitrogens with zero attached hydrogens (tertiary/aromatic N) is 2. The van der Waals surface area contributed by atoms with Gasteiger partial charge in [-0.3, -0.25) is 9.59 Å². The highest BCUT2D eigenvalue weighted by Gasteiger charge is 2.35. The summed E-state index contributed by atoms with van der Waals surface area (Å²) < 4.78 is 42.4. The van der Waals surface area contributed by atoms with Crippen LogP contribution in [0, 0.1) is 6.92 Å². The third kappa shape index (κ3) is 5.68. The summed E-state index contributed by atoms with van der Waals surface area (Å²) in [6.07, 6.45) is -4.68. The van der Waals surface area contributed by atoms with Crippen molar-refractivity contribution in [1.82, 2.24) is 4.90 Å². The quantitative estimate of drug-likeness (QED) is 0.757. The standard InChI is InChI=1S/C22H24F3N3O3/c1-15-6-2-4-8-17(15)27-10-11-28(18(13-27)21(26)30)20(29)12-16-7-3-5-9-19(16)31-14-22(23,24)25/h2-9,18H,10-14H2,1H3,(H2,26,30). The van der Waals surface area contributed by atoms with Gasteiger partial charge in [0.25, 0.3) is 0 Å². The van der Waals surface area contributed by atoms with E-state index < -0.39 is 30.6 Å². The van der Waals surface area contributed by atoms with E-state index in [1.807, 2.05) is 36.1 Å². The van der Waals surface area contributed by atoms with E-state index in [1.165, 1.54) is 23.1 Å². The number of nitrogens with two attached hydrogens (primary N) is 1. The molecule has 0 aliphatic carbocycles. The zero-order valence-electron chi connectivity index (χ0n) is 17.1. The first-order valence-corrected chi connectivity index (χ1v) is 9.82. The maximum Gasteiger partial charge on any atom is 0.422 e. The van der Waals surface area contributed by atoms with E-state index in [4.69, 9.17) is 10.5 Å². The van der Waals surface area contributed by atoms with Crippen LogP contribution in [-0.4, -0.2) is 55.2 Å². The number of carbonyl (C=O) groups is 2. The molecular weight excluding hydrogens is 411 g/mol. The van der Waals surface area contributed by atoms with Gasteiger partial charge in [0.15, 0.2) is 6.61 Å². The Bertz CT molecular complexity index is 949. The second-order valence-corrected chi connectivity index (χ2v) is 7.43. The molecular formula is C22H24F3N3O3. The molecule has 0 saturated carbocycles. The van der Waals surface area contributed by atoms with Gasteiger partial charge >= 0.3 is 6.18 Å². The predicted octanol–water partition coefficient (Wildman–Crippen LogP) is 2.68. The Hall–Kier alpha value is -3.23. The second-order valence-electron chi connectivity index (χ2n) is 7.43. The van der Waals surface area contributed by atoms with Crippen LogP contribution in [0.4, 0.5) is 18.9 Å². The van der Waals surface area contributed by atoms with E-state index in [9.17, 15) is 22.8 Å². The SMILES string of the molecule is Cc1ccccc1N1CCN(C(=O)Cc2ccccc2OCC(F)(F)F)C(C(N)=O)C1. The summed E-state index contributed by atoms with van der Waals surface area (Å²) in [6.45, 7) is 1.54. The monoisotopic (exact) mass is 435 g/mol. The maximum atomic E-state index is 13.0. The van der Waals surface area contributed by atoms with Gasteiger partial charge in [-0.15, -0.1) is 0 Å². The number of piperazine rings is 1. The third-order valence-electron chi connectivity index (χ3n) is 5.19. The molecule has 6 nitrogen and oxygen atoms in total. The van der Waals surface area contributed by atoms with Crippen molar-refractivity contribution in [1.29, 1.82) is 0 Å². The van der Waals surface area contributed by atoms with E-state index in [-0.39, 0.29) is 25.3 Å². The number of amides is 2. The van der Waals surface area contributed by atoms with Crippen LogP contribution in [0.2, 0.25) is 0 Å². The molecule has 1 aliphatic heterocycles. The number of hydrogen-bond acceptors (Lipinski definition) is 4. The number of alkyl halides is 3. The van der Waals surface area contributed by atoms with Gasteiger partial charge in [-0.2, -0.15) is 13.2 Å². The average molecular weight is 435 g/mol. The Kier molecular flexibility index (Phi) is 6.72. The molecule has 1 aliphatic rings. The van der Waals surface area contributed by atoms with E-state index in [2.05, 4.69) is 0 Å². The van der Waals surface area contributed by atoms with Crippen molar-refractivity contribution in [2.24, 2.45) is 5.73 Å². The zero-order valence-corrected chi connectivity index (χ0v) is 17.1. The largest absolute Gasteiger partial charge is 0.484 e. The molecule has 1 unspecified atom stereocenters. The van der Waals surface area contributed by atoms with Crippen molar-refractivity contribution in [3.05, 3.63) is 59.7 Å². The van der Waals surface area contributed by atoms with Gasteiger partial charge < -0.3 is 20.3 Å². The van der Waals surface area contributed by atoms with Crippen molar-refractivity contribution in [2.75, 3.05) is 31.1 Å². The van der Waals surface area contributed by atoms with Gasteiger partial charge in [-0.1, -0.05) is 36.4 Å². The molecule has 9 heteroatoms. The molecule has 0 bridgehead atoms. The number of halogens is 3. The topological polar surface area (TPSA) is 75.9 Å². The average Bonchev–Trinajstić information content (AvgIpc) is 2.72. The van der Waals surface area contributed by atoms with Crippen molar-refractivity contribution in [3.63, 3.8) is 0 Å². The molecule has 2 aromatic carbocycles. The summed E-state index contributed by atoms with van der Waals surface area (Å²) in [4.78, 5) is 28.5. The highest BCUT2D eigenvalue weighted by Crippen LogP contribution is 2.26. The Morgan fingerprint density at radius 1 is 1.10 bits per heavy atom. The fourth-order valence-electron chi connectivity index (χ4n) is 3.68. The van der Waals surface area contributed by atoms with E-state index in [0.717, 1.165) is 11.3 Å². The van der Waals surface area contributed by atoms with Crippen LogP contribution in [0.25, 0.3) is 0 Å². The minimum Gasteiger partial charge on any atom is -0.484 e. The highest BCUT2D eigenvalue weighted by atomic mass is 19.4. The second kappa shape index (κ2) is 9.28. The predicted molar refractivity (Wildman–Crippen MR) is 110 cm³/mol. The zero-order chi connectivity index (χ0) is 22.6. The number of para-hydroxylation sites is 2. The number of hydrogen-bond donors (Lipinski definition) is 1.